The Morgan fingerprint density at radius 2 is 2.19 bits per heavy atom. The fourth-order valence-electron chi connectivity index (χ4n) is 5.15. The molecule has 0 amide bonds. The molecule has 1 aliphatic heterocycles. The van der Waals surface area contributed by atoms with E-state index in [1.165, 1.54) is 36.0 Å². The molecule has 0 spiro atoms. The third-order valence-corrected chi connectivity index (χ3v) is 8.47. The Morgan fingerprint density at radius 1 is 1.35 bits per heavy atom. The number of ether oxygens (including phenoxy) is 1. The number of aromatic hydroxyl groups is 1. The van der Waals surface area contributed by atoms with Crippen LogP contribution in [0.15, 0.2) is 22.0 Å². The van der Waals surface area contributed by atoms with Gasteiger partial charge in [0.05, 0.1) is 0 Å². The van der Waals surface area contributed by atoms with Gasteiger partial charge in [-0.15, -0.1) is 11.3 Å². The number of fused-ring (bicyclic) bond motifs is 7. The molecule has 3 nitrogen and oxygen atoms in total. The van der Waals surface area contributed by atoms with E-state index in [1.807, 2.05) is 29.4 Å². The minimum atomic E-state index is -0.0803. The van der Waals surface area contributed by atoms with E-state index in [-0.39, 0.29) is 5.60 Å². The van der Waals surface area contributed by atoms with Gasteiger partial charge in [-0.3, -0.25) is 0 Å². The standard InChI is InChI=1S/C21H25NO2S2/c1-21(6-2-9-25-20-22-8-10-26-20)7-5-15-12-16(23)17-13-3-4-14(11-13)18(17)19(15)24-21/h8,10,12-14,23H,2-7,9,11H2,1H3. The summed E-state index contributed by atoms with van der Waals surface area (Å²) in [5, 5.41) is 12.6. The molecule has 2 aliphatic carbocycles. The van der Waals surface area contributed by atoms with Crippen LogP contribution in [-0.2, 0) is 6.42 Å². The van der Waals surface area contributed by atoms with E-state index in [1.54, 1.807) is 11.3 Å². The molecule has 1 aromatic heterocycles. The van der Waals surface area contributed by atoms with Gasteiger partial charge in [-0.25, -0.2) is 4.98 Å². The minimum absolute atomic E-state index is 0.0803. The summed E-state index contributed by atoms with van der Waals surface area (Å²) < 4.78 is 7.84. The van der Waals surface area contributed by atoms with Crippen molar-refractivity contribution in [2.75, 3.05) is 5.75 Å². The van der Waals surface area contributed by atoms with Crippen molar-refractivity contribution < 1.29 is 9.84 Å². The summed E-state index contributed by atoms with van der Waals surface area (Å²) in [6, 6.07) is 1.99. The van der Waals surface area contributed by atoms with Crippen LogP contribution in [-0.4, -0.2) is 21.4 Å². The largest absolute Gasteiger partial charge is 0.508 e. The molecule has 3 aliphatic rings. The summed E-state index contributed by atoms with van der Waals surface area (Å²) in [6.07, 6.45) is 9.85. The first-order valence-corrected chi connectivity index (χ1v) is 11.6. The highest BCUT2D eigenvalue weighted by atomic mass is 32.2. The number of thioether (sulfide) groups is 1. The van der Waals surface area contributed by atoms with Crippen LogP contribution in [0.4, 0.5) is 0 Å². The van der Waals surface area contributed by atoms with Crippen LogP contribution in [0, 0.1) is 0 Å². The summed E-state index contributed by atoms with van der Waals surface area (Å²) in [4.78, 5) is 4.34. The van der Waals surface area contributed by atoms with Crippen LogP contribution in [0.1, 0.15) is 74.0 Å². The first kappa shape index (κ1) is 16.9. The van der Waals surface area contributed by atoms with E-state index >= 15 is 0 Å². The molecule has 2 aromatic rings. The molecule has 1 aromatic carbocycles. The molecule has 0 saturated heterocycles. The number of rotatable bonds is 5. The molecule has 1 fully saturated rings. The lowest BCUT2D eigenvalue weighted by Crippen LogP contribution is -2.37. The second kappa shape index (κ2) is 6.45. The van der Waals surface area contributed by atoms with Gasteiger partial charge < -0.3 is 9.84 Å². The van der Waals surface area contributed by atoms with Gasteiger partial charge in [0.1, 0.15) is 21.4 Å². The molecule has 2 bridgehead atoms. The molecule has 5 heteroatoms. The molecule has 1 saturated carbocycles. The Kier molecular flexibility index (Phi) is 4.20. The average Bonchev–Trinajstić information content (AvgIpc) is 3.37. The van der Waals surface area contributed by atoms with Crippen LogP contribution in [0.2, 0.25) is 0 Å². The summed E-state index contributed by atoms with van der Waals surface area (Å²) in [6.45, 7) is 2.27. The van der Waals surface area contributed by atoms with Gasteiger partial charge in [0.2, 0.25) is 0 Å². The fraction of sp³-hybridized carbons (Fsp3) is 0.571. The van der Waals surface area contributed by atoms with Crippen molar-refractivity contribution in [1.29, 1.82) is 0 Å². The van der Waals surface area contributed by atoms with E-state index in [4.69, 9.17) is 4.74 Å². The maximum absolute atomic E-state index is 10.5. The summed E-state index contributed by atoms with van der Waals surface area (Å²) in [7, 11) is 0. The fourth-order valence-corrected chi connectivity index (χ4v) is 6.80. The van der Waals surface area contributed by atoms with Gasteiger partial charge in [-0.1, -0.05) is 11.8 Å². The molecule has 1 N–H and O–H groups in total. The quantitative estimate of drug-likeness (QED) is 0.515. The van der Waals surface area contributed by atoms with Crippen molar-refractivity contribution >= 4 is 23.1 Å². The predicted molar refractivity (Wildman–Crippen MR) is 107 cm³/mol. The van der Waals surface area contributed by atoms with Gasteiger partial charge in [0.25, 0.3) is 0 Å². The lowest BCUT2D eigenvalue weighted by atomic mass is 9.83. The molecular formula is C21H25NO2S2. The SMILES string of the molecule is CC1(CCCSc2nccs2)CCc2cc(O)c3c(c2O1)C1CCC3C1. The first-order valence-electron chi connectivity index (χ1n) is 9.73. The summed E-state index contributed by atoms with van der Waals surface area (Å²) in [5.74, 6) is 3.92. The molecule has 26 heavy (non-hydrogen) atoms. The number of thiazole rings is 1. The van der Waals surface area contributed by atoms with Crippen molar-refractivity contribution in [2.45, 2.75) is 73.6 Å². The molecule has 2 heterocycles. The first-order chi connectivity index (χ1) is 12.6. The smallest absolute Gasteiger partial charge is 0.149 e. The number of nitrogens with zero attached hydrogens (tertiary/aromatic N) is 1. The number of hydrogen-bond acceptors (Lipinski definition) is 5. The lowest BCUT2D eigenvalue weighted by Gasteiger charge is -2.38. The Hall–Kier alpha value is -1.20. The lowest BCUT2D eigenvalue weighted by molar-refractivity contribution is 0.0540. The number of phenolic OH excluding ortho intramolecular Hbond substituents is 1. The molecule has 3 atom stereocenters. The predicted octanol–water partition coefficient (Wildman–Crippen LogP) is 5.87. The highest BCUT2D eigenvalue weighted by molar-refractivity contribution is 8.00. The minimum Gasteiger partial charge on any atom is -0.508 e. The van der Waals surface area contributed by atoms with Crippen LogP contribution < -0.4 is 4.74 Å². The van der Waals surface area contributed by atoms with E-state index in [0.717, 1.165) is 41.5 Å². The number of phenols is 1. The van der Waals surface area contributed by atoms with E-state index in [2.05, 4.69) is 11.9 Å². The Bertz CT molecular complexity index is 820. The average molecular weight is 388 g/mol. The van der Waals surface area contributed by atoms with E-state index < -0.39 is 0 Å². The molecule has 0 radical (unpaired) electrons. The van der Waals surface area contributed by atoms with E-state index in [0.29, 0.717) is 17.6 Å². The number of hydrogen-bond donors (Lipinski definition) is 1. The zero-order chi connectivity index (χ0) is 17.7. The second-order valence-electron chi connectivity index (χ2n) is 8.22. The highest BCUT2D eigenvalue weighted by Crippen LogP contribution is 2.60. The van der Waals surface area contributed by atoms with Gasteiger partial charge in [-0.2, -0.15) is 0 Å². The molecular weight excluding hydrogens is 362 g/mol. The molecule has 5 rings (SSSR count). The summed E-state index contributed by atoms with van der Waals surface area (Å²) in [5.41, 5.74) is 3.72. The second-order valence-corrected chi connectivity index (χ2v) is 10.5. The Balaban J connectivity index is 1.31. The zero-order valence-electron chi connectivity index (χ0n) is 15.2. The van der Waals surface area contributed by atoms with Crippen molar-refractivity contribution in [3.8, 4) is 11.5 Å². The topological polar surface area (TPSA) is 42.4 Å². The van der Waals surface area contributed by atoms with Crippen LogP contribution in [0.3, 0.4) is 0 Å². The highest BCUT2D eigenvalue weighted by Gasteiger charge is 2.44. The van der Waals surface area contributed by atoms with Crippen LogP contribution >= 0.6 is 23.1 Å². The number of aryl methyl sites for hydroxylation is 1. The maximum atomic E-state index is 10.5. The maximum Gasteiger partial charge on any atom is 0.149 e. The zero-order valence-corrected chi connectivity index (χ0v) is 16.8. The van der Waals surface area contributed by atoms with Gasteiger partial charge in [0.15, 0.2) is 0 Å². The van der Waals surface area contributed by atoms with Crippen molar-refractivity contribution in [1.82, 2.24) is 4.98 Å². The van der Waals surface area contributed by atoms with Crippen molar-refractivity contribution in [3.05, 3.63) is 34.3 Å². The van der Waals surface area contributed by atoms with Gasteiger partial charge >= 0.3 is 0 Å². The van der Waals surface area contributed by atoms with Crippen molar-refractivity contribution in [2.24, 2.45) is 0 Å². The van der Waals surface area contributed by atoms with Crippen LogP contribution in [0.5, 0.6) is 11.5 Å². The molecule has 138 valence electrons. The monoisotopic (exact) mass is 387 g/mol. The number of aromatic nitrogens is 1. The van der Waals surface area contributed by atoms with Crippen LogP contribution in [0.25, 0.3) is 0 Å². The van der Waals surface area contributed by atoms with Crippen molar-refractivity contribution in [3.63, 3.8) is 0 Å². The summed E-state index contributed by atoms with van der Waals surface area (Å²) >= 11 is 3.57. The number of benzene rings is 1. The Labute approximate surface area is 163 Å². The molecule has 3 unspecified atom stereocenters. The van der Waals surface area contributed by atoms with E-state index in [9.17, 15) is 5.11 Å². The Morgan fingerprint density at radius 3 is 3.00 bits per heavy atom. The third kappa shape index (κ3) is 2.84. The van der Waals surface area contributed by atoms with Gasteiger partial charge in [0, 0.05) is 28.5 Å². The normalized spacial score (nSPS) is 28.7. The van der Waals surface area contributed by atoms with Gasteiger partial charge in [-0.05, 0) is 75.3 Å². The third-order valence-electron chi connectivity index (χ3n) is 6.42.